The van der Waals surface area contributed by atoms with Crippen LogP contribution in [0.2, 0.25) is 0 Å². The van der Waals surface area contributed by atoms with Crippen LogP contribution in [0, 0.1) is 5.41 Å². The van der Waals surface area contributed by atoms with Gasteiger partial charge in [-0.05, 0) is 45.4 Å². The van der Waals surface area contributed by atoms with Gasteiger partial charge < -0.3 is 10.1 Å². The lowest BCUT2D eigenvalue weighted by Crippen LogP contribution is -2.43. The van der Waals surface area contributed by atoms with Gasteiger partial charge in [0.15, 0.2) is 0 Å². The lowest BCUT2D eigenvalue weighted by molar-refractivity contribution is 0.159. The summed E-state index contributed by atoms with van der Waals surface area (Å²) < 4.78 is 5.14. The quantitative estimate of drug-likeness (QED) is 0.642. The predicted octanol–water partition coefficient (Wildman–Crippen LogP) is 3.61. The van der Waals surface area contributed by atoms with Crippen molar-refractivity contribution in [3.63, 3.8) is 0 Å². The second kappa shape index (κ2) is 7.29. The smallest absolute Gasteiger partial charge is 0.0462 e. The standard InChI is InChI=1S/C14H31NO/c1-7-9-14(5,10-8-11-16-6)12-15-13(2,3)4/h15H,7-12H2,1-6H3. The third-order valence-corrected chi connectivity index (χ3v) is 3.03. The van der Waals surface area contributed by atoms with E-state index in [1.165, 1.54) is 25.7 Å². The SMILES string of the molecule is CCCC(C)(CCCOC)CNC(C)(C)C. The largest absolute Gasteiger partial charge is 0.385 e. The maximum Gasteiger partial charge on any atom is 0.0462 e. The Labute approximate surface area is 102 Å². The number of hydrogen-bond donors (Lipinski definition) is 1. The van der Waals surface area contributed by atoms with E-state index in [2.05, 4.69) is 39.9 Å². The fourth-order valence-corrected chi connectivity index (χ4v) is 2.03. The molecule has 0 aromatic heterocycles. The first-order valence-corrected chi connectivity index (χ1v) is 6.57. The first-order valence-electron chi connectivity index (χ1n) is 6.57. The van der Waals surface area contributed by atoms with Crippen molar-refractivity contribution in [2.75, 3.05) is 20.3 Å². The Bertz CT molecular complexity index is 174. The molecular formula is C14H31NO. The zero-order chi connectivity index (χ0) is 12.7. The summed E-state index contributed by atoms with van der Waals surface area (Å²) in [6, 6.07) is 0. The van der Waals surface area contributed by atoms with Crippen LogP contribution in [-0.2, 0) is 4.74 Å². The molecule has 98 valence electrons. The summed E-state index contributed by atoms with van der Waals surface area (Å²) in [7, 11) is 1.78. The highest BCUT2D eigenvalue weighted by Gasteiger charge is 2.24. The first kappa shape index (κ1) is 15.9. The molecule has 0 amide bonds. The molecule has 0 aliphatic heterocycles. The summed E-state index contributed by atoms with van der Waals surface area (Å²) in [4.78, 5) is 0. The van der Waals surface area contributed by atoms with Crippen LogP contribution >= 0.6 is 0 Å². The molecule has 0 aromatic carbocycles. The van der Waals surface area contributed by atoms with Gasteiger partial charge in [0.05, 0.1) is 0 Å². The fourth-order valence-electron chi connectivity index (χ4n) is 2.03. The lowest BCUT2D eigenvalue weighted by Gasteiger charge is -2.33. The third kappa shape index (κ3) is 8.12. The van der Waals surface area contributed by atoms with Crippen molar-refractivity contribution in [1.29, 1.82) is 0 Å². The minimum atomic E-state index is 0.219. The van der Waals surface area contributed by atoms with Crippen molar-refractivity contribution in [2.45, 2.75) is 65.8 Å². The van der Waals surface area contributed by atoms with E-state index >= 15 is 0 Å². The summed E-state index contributed by atoms with van der Waals surface area (Å²) in [5.74, 6) is 0. The molecule has 0 saturated carbocycles. The predicted molar refractivity (Wildman–Crippen MR) is 71.9 cm³/mol. The molecule has 2 nitrogen and oxygen atoms in total. The van der Waals surface area contributed by atoms with Crippen LogP contribution in [0.15, 0.2) is 0 Å². The van der Waals surface area contributed by atoms with Crippen LogP contribution in [0.1, 0.15) is 60.3 Å². The van der Waals surface area contributed by atoms with Crippen LogP contribution in [0.5, 0.6) is 0 Å². The summed E-state index contributed by atoms with van der Waals surface area (Å²) in [6.07, 6.45) is 4.96. The van der Waals surface area contributed by atoms with Gasteiger partial charge in [-0.1, -0.05) is 20.3 Å². The van der Waals surface area contributed by atoms with Crippen molar-refractivity contribution >= 4 is 0 Å². The molecule has 0 bridgehead atoms. The molecular weight excluding hydrogens is 198 g/mol. The van der Waals surface area contributed by atoms with Crippen LogP contribution < -0.4 is 5.32 Å². The van der Waals surface area contributed by atoms with Gasteiger partial charge in [-0.2, -0.15) is 0 Å². The van der Waals surface area contributed by atoms with E-state index in [0.717, 1.165) is 13.2 Å². The Kier molecular flexibility index (Phi) is 7.25. The zero-order valence-electron chi connectivity index (χ0n) is 12.2. The minimum absolute atomic E-state index is 0.219. The van der Waals surface area contributed by atoms with E-state index in [9.17, 15) is 0 Å². The number of nitrogens with one attached hydrogen (secondary N) is 1. The van der Waals surface area contributed by atoms with Crippen molar-refractivity contribution in [3.8, 4) is 0 Å². The van der Waals surface area contributed by atoms with Gasteiger partial charge in [0.25, 0.3) is 0 Å². The first-order chi connectivity index (χ1) is 7.33. The maximum absolute atomic E-state index is 5.14. The van der Waals surface area contributed by atoms with E-state index in [4.69, 9.17) is 4.74 Å². The Morgan fingerprint density at radius 2 is 1.69 bits per heavy atom. The molecule has 0 radical (unpaired) electrons. The Morgan fingerprint density at radius 1 is 1.06 bits per heavy atom. The number of methoxy groups -OCH3 is 1. The Balaban J connectivity index is 4.10. The molecule has 2 heteroatoms. The number of ether oxygens (including phenoxy) is 1. The monoisotopic (exact) mass is 229 g/mol. The lowest BCUT2D eigenvalue weighted by atomic mass is 9.80. The van der Waals surface area contributed by atoms with Gasteiger partial charge in [0.2, 0.25) is 0 Å². The third-order valence-electron chi connectivity index (χ3n) is 3.03. The van der Waals surface area contributed by atoms with Crippen molar-refractivity contribution in [2.24, 2.45) is 5.41 Å². The molecule has 0 aliphatic carbocycles. The van der Waals surface area contributed by atoms with Crippen LogP contribution in [0.25, 0.3) is 0 Å². The average Bonchev–Trinajstić information content (AvgIpc) is 2.15. The molecule has 1 N–H and O–H groups in total. The summed E-state index contributed by atoms with van der Waals surface area (Å²) in [5, 5.41) is 3.63. The second-order valence-corrected chi connectivity index (χ2v) is 6.26. The number of hydrogen-bond acceptors (Lipinski definition) is 2. The van der Waals surface area contributed by atoms with Gasteiger partial charge in [0, 0.05) is 25.8 Å². The van der Waals surface area contributed by atoms with Crippen molar-refractivity contribution < 1.29 is 4.74 Å². The topological polar surface area (TPSA) is 21.3 Å². The molecule has 1 atom stereocenters. The van der Waals surface area contributed by atoms with E-state index in [1.54, 1.807) is 7.11 Å². The summed E-state index contributed by atoms with van der Waals surface area (Å²) >= 11 is 0. The van der Waals surface area contributed by atoms with Gasteiger partial charge >= 0.3 is 0 Å². The molecule has 0 saturated heterocycles. The van der Waals surface area contributed by atoms with Crippen molar-refractivity contribution in [1.82, 2.24) is 5.32 Å². The highest BCUT2D eigenvalue weighted by atomic mass is 16.5. The van der Waals surface area contributed by atoms with Crippen LogP contribution in [-0.4, -0.2) is 25.8 Å². The Hall–Kier alpha value is -0.0800. The highest BCUT2D eigenvalue weighted by molar-refractivity contribution is 4.81. The van der Waals surface area contributed by atoms with Gasteiger partial charge in [-0.3, -0.25) is 0 Å². The number of rotatable bonds is 8. The molecule has 0 fully saturated rings. The van der Waals surface area contributed by atoms with E-state index in [-0.39, 0.29) is 5.54 Å². The molecule has 0 heterocycles. The summed E-state index contributed by atoms with van der Waals surface area (Å²) in [6.45, 7) is 13.3. The van der Waals surface area contributed by atoms with Crippen LogP contribution in [0.4, 0.5) is 0 Å². The normalized spacial score (nSPS) is 16.1. The maximum atomic E-state index is 5.14. The van der Waals surface area contributed by atoms with Crippen molar-refractivity contribution in [3.05, 3.63) is 0 Å². The fraction of sp³-hybridized carbons (Fsp3) is 1.00. The molecule has 0 aromatic rings. The van der Waals surface area contributed by atoms with E-state index in [0.29, 0.717) is 5.41 Å². The van der Waals surface area contributed by atoms with Crippen LogP contribution in [0.3, 0.4) is 0 Å². The average molecular weight is 229 g/mol. The van der Waals surface area contributed by atoms with Gasteiger partial charge in [-0.15, -0.1) is 0 Å². The summed E-state index contributed by atoms with van der Waals surface area (Å²) in [5.41, 5.74) is 0.636. The van der Waals surface area contributed by atoms with Gasteiger partial charge in [0.1, 0.15) is 0 Å². The zero-order valence-corrected chi connectivity index (χ0v) is 12.2. The van der Waals surface area contributed by atoms with E-state index < -0.39 is 0 Å². The van der Waals surface area contributed by atoms with Gasteiger partial charge in [-0.25, -0.2) is 0 Å². The highest BCUT2D eigenvalue weighted by Crippen LogP contribution is 2.29. The molecule has 0 aliphatic rings. The minimum Gasteiger partial charge on any atom is -0.385 e. The molecule has 0 spiro atoms. The van der Waals surface area contributed by atoms with E-state index in [1.807, 2.05) is 0 Å². The second-order valence-electron chi connectivity index (χ2n) is 6.26. The molecule has 0 rings (SSSR count). The molecule has 16 heavy (non-hydrogen) atoms. The molecule has 1 unspecified atom stereocenters. The Morgan fingerprint density at radius 3 is 2.12 bits per heavy atom.